The molecule has 1 heterocycles. The summed E-state index contributed by atoms with van der Waals surface area (Å²) in [6.45, 7) is 1.76. The van der Waals surface area contributed by atoms with Crippen LogP contribution in [-0.4, -0.2) is 42.6 Å². The first kappa shape index (κ1) is 12.8. The van der Waals surface area contributed by atoms with Gasteiger partial charge in [-0.25, -0.2) is 0 Å². The molecule has 0 aromatic rings. The van der Waals surface area contributed by atoms with Crippen LogP contribution in [0.25, 0.3) is 0 Å². The van der Waals surface area contributed by atoms with Gasteiger partial charge < -0.3 is 15.4 Å². The third kappa shape index (κ3) is 3.42. The minimum Gasteiger partial charge on any atom is -0.367 e. The van der Waals surface area contributed by atoms with Gasteiger partial charge in [0, 0.05) is 12.6 Å². The summed E-state index contributed by atoms with van der Waals surface area (Å²) in [5.41, 5.74) is 5.51. The van der Waals surface area contributed by atoms with Crippen LogP contribution in [0.2, 0.25) is 0 Å². The van der Waals surface area contributed by atoms with Crippen molar-refractivity contribution in [3.63, 3.8) is 0 Å². The van der Waals surface area contributed by atoms with E-state index < -0.39 is 0 Å². The SMILES string of the molecule is NCCCC1CN(C2CCCCC2)C(=O)CO1. The number of ether oxygens (including phenoxy) is 1. The van der Waals surface area contributed by atoms with Crippen LogP contribution in [0.1, 0.15) is 44.9 Å². The lowest BCUT2D eigenvalue weighted by Gasteiger charge is -2.40. The van der Waals surface area contributed by atoms with E-state index in [4.69, 9.17) is 10.5 Å². The molecule has 98 valence electrons. The lowest BCUT2D eigenvalue weighted by molar-refractivity contribution is -0.153. The zero-order chi connectivity index (χ0) is 12.1. The van der Waals surface area contributed by atoms with Crippen LogP contribution in [0, 0.1) is 0 Å². The van der Waals surface area contributed by atoms with Crippen molar-refractivity contribution in [2.24, 2.45) is 5.73 Å². The Morgan fingerprint density at radius 3 is 2.76 bits per heavy atom. The van der Waals surface area contributed by atoms with Gasteiger partial charge in [-0.2, -0.15) is 0 Å². The van der Waals surface area contributed by atoms with Gasteiger partial charge in [0.15, 0.2) is 0 Å². The van der Waals surface area contributed by atoms with Crippen molar-refractivity contribution < 1.29 is 9.53 Å². The van der Waals surface area contributed by atoms with E-state index in [0.29, 0.717) is 12.6 Å². The molecular weight excluding hydrogens is 216 g/mol. The second-order valence-corrected chi connectivity index (χ2v) is 5.20. The first-order chi connectivity index (χ1) is 8.31. The Labute approximate surface area is 103 Å². The quantitative estimate of drug-likeness (QED) is 0.805. The molecule has 1 saturated heterocycles. The van der Waals surface area contributed by atoms with Gasteiger partial charge in [-0.3, -0.25) is 4.79 Å². The minimum absolute atomic E-state index is 0.181. The van der Waals surface area contributed by atoms with Gasteiger partial charge in [-0.15, -0.1) is 0 Å². The molecule has 4 nitrogen and oxygen atoms in total. The van der Waals surface area contributed by atoms with Crippen LogP contribution in [0.5, 0.6) is 0 Å². The Kier molecular flexibility index (Phi) is 4.80. The second-order valence-electron chi connectivity index (χ2n) is 5.20. The average Bonchev–Trinajstić information content (AvgIpc) is 2.39. The molecule has 0 aromatic heterocycles. The Hall–Kier alpha value is -0.610. The van der Waals surface area contributed by atoms with Crippen LogP contribution in [0.3, 0.4) is 0 Å². The van der Waals surface area contributed by atoms with Gasteiger partial charge in [0.05, 0.1) is 6.10 Å². The standard InChI is InChI=1S/C13H24N2O2/c14-8-4-7-12-9-15(13(16)10-17-12)11-5-2-1-3-6-11/h11-12H,1-10,14H2. The van der Waals surface area contributed by atoms with Crippen LogP contribution < -0.4 is 5.73 Å². The number of hydrogen-bond donors (Lipinski definition) is 1. The molecule has 1 aliphatic carbocycles. The van der Waals surface area contributed by atoms with E-state index in [1.54, 1.807) is 0 Å². The molecule has 1 aliphatic heterocycles. The van der Waals surface area contributed by atoms with E-state index in [1.807, 2.05) is 0 Å². The summed E-state index contributed by atoms with van der Waals surface area (Å²) in [6.07, 6.45) is 8.38. The summed E-state index contributed by atoms with van der Waals surface area (Å²) in [7, 11) is 0. The largest absolute Gasteiger partial charge is 0.367 e. The number of amides is 1. The highest BCUT2D eigenvalue weighted by Crippen LogP contribution is 2.25. The topological polar surface area (TPSA) is 55.6 Å². The van der Waals surface area contributed by atoms with Crippen LogP contribution in [0.4, 0.5) is 0 Å². The molecule has 4 heteroatoms. The Morgan fingerprint density at radius 2 is 2.06 bits per heavy atom. The molecule has 1 unspecified atom stereocenters. The second kappa shape index (κ2) is 6.36. The lowest BCUT2D eigenvalue weighted by atomic mass is 9.93. The Bertz CT molecular complexity index is 252. The molecule has 2 fully saturated rings. The van der Waals surface area contributed by atoms with Gasteiger partial charge in [-0.1, -0.05) is 19.3 Å². The first-order valence-corrected chi connectivity index (χ1v) is 6.92. The molecule has 0 aromatic carbocycles. The smallest absolute Gasteiger partial charge is 0.248 e. The maximum absolute atomic E-state index is 11.9. The highest BCUT2D eigenvalue weighted by molar-refractivity contribution is 5.78. The molecule has 2 rings (SSSR count). The molecule has 2 N–H and O–H groups in total. The summed E-state index contributed by atoms with van der Waals surface area (Å²) in [5, 5.41) is 0. The summed E-state index contributed by atoms with van der Waals surface area (Å²) < 4.78 is 5.57. The predicted octanol–water partition coefficient (Wildman–Crippen LogP) is 1.29. The minimum atomic E-state index is 0.181. The molecule has 0 spiro atoms. The molecule has 17 heavy (non-hydrogen) atoms. The molecule has 0 bridgehead atoms. The molecule has 0 radical (unpaired) electrons. The van der Waals surface area contributed by atoms with Gasteiger partial charge in [-0.05, 0) is 32.2 Å². The zero-order valence-electron chi connectivity index (χ0n) is 10.6. The fourth-order valence-corrected chi connectivity index (χ4v) is 2.91. The van der Waals surface area contributed by atoms with E-state index in [9.17, 15) is 4.79 Å². The summed E-state index contributed by atoms with van der Waals surface area (Å²) >= 11 is 0. The van der Waals surface area contributed by atoms with Crippen molar-refractivity contribution in [1.29, 1.82) is 0 Å². The van der Waals surface area contributed by atoms with Crippen molar-refractivity contribution in [3.05, 3.63) is 0 Å². The van der Waals surface area contributed by atoms with E-state index >= 15 is 0 Å². The Balaban J connectivity index is 1.87. The number of nitrogens with zero attached hydrogens (tertiary/aromatic N) is 1. The lowest BCUT2D eigenvalue weighted by Crippen LogP contribution is -2.51. The highest BCUT2D eigenvalue weighted by Gasteiger charge is 2.31. The van der Waals surface area contributed by atoms with Gasteiger partial charge >= 0.3 is 0 Å². The van der Waals surface area contributed by atoms with Crippen molar-refractivity contribution in [3.8, 4) is 0 Å². The monoisotopic (exact) mass is 240 g/mol. The zero-order valence-corrected chi connectivity index (χ0v) is 10.6. The molecular formula is C13H24N2O2. The number of morpholine rings is 1. The number of rotatable bonds is 4. The number of carbonyl (C=O) groups is 1. The van der Waals surface area contributed by atoms with Crippen LogP contribution >= 0.6 is 0 Å². The summed E-state index contributed by atoms with van der Waals surface area (Å²) in [4.78, 5) is 14.0. The number of carbonyl (C=O) groups excluding carboxylic acids is 1. The van der Waals surface area contributed by atoms with Gasteiger partial charge in [0.1, 0.15) is 6.61 Å². The third-order valence-electron chi connectivity index (χ3n) is 3.91. The van der Waals surface area contributed by atoms with Crippen molar-refractivity contribution in [2.45, 2.75) is 57.1 Å². The molecule has 2 aliphatic rings. The van der Waals surface area contributed by atoms with Crippen molar-refractivity contribution in [2.75, 3.05) is 19.7 Å². The maximum Gasteiger partial charge on any atom is 0.248 e. The van der Waals surface area contributed by atoms with E-state index in [2.05, 4.69) is 4.90 Å². The molecule has 1 saturated carbocycles. The average molecular weight is 240 g/mol. The van der Waals surface area contributed by atoms with E-state index in [-0.39, 0.29) is 18.6 Å². The van der Waals surface area contributed by atoms with Gasteiger partial charge in [0.2, 0.25) is 5.91 Å². The fraction of sp³-hybridized carbons (Fsp3) is 0.923. The van der Waals surface area contributed by atoms with Gasteiger partial charge in [0.25, 0.3) is 0 Å². The first-order valence-electron chi connectivity index (χ1n) is 6.92. The fourth-order valence-electron chi connectivity index (χ4n) is 2.91. The number of nitrogens with two attached hydrogens (primary N) is 1. The van der Waals surface area contributed by atoms with E-state index in [1.165, 1.54) is 32.1 Å². The number of hydrogen-bond acceptors (Lipinski definition) is 3. The predicted molar refractivity (Wildman–Crippen MR) is 66.6 cm³/mol. The molecule has 1 atom stereocenters. The Morgan fingerprint density at radius 1 is 1.29 bits per heavy atom. The van der Waals surface area contributed by atoms with Crippen LogP contribution in [0.15, 0.2) is 0 Å². The van der Waals surface area contributed by atoms with Crippen molar-refractivity contribution in [1.82, 2.24) is 4.90 Å². The summed E-state index contributed by atoms with van der Waals surface area (Å²) in [5.74, 6) is 0.181. The summed E-state index contributed by atoms with van der Waals surface area (Å²) in [6, 6.07) is 0.473. The van der Waals surface area contributed by atoms with Crippen LogP contribution in [-0.2, 0) is 9.53 Å². The van der Waals surface area contributed by atoms with E-state index in [0.717, 1.165) is 19.4 Å². The van der Waals surface area contributed by atoms with Crippen molar-refractivity contribution >= 4 is 5.91 Å². The molecule has 1 amide bonds. The maximum atomic E-state index is 11.9. The highest BCUT2D eigenvalue weighted by atomic mass is 16.5. The third-order valence-corrected chi connectivity index (χ3v) is 3.91. The normalized spacial score (nSPS) is 27.5.